The van der Waals surface area contributed by atoms with Gasteiger partial charge < -0.3 is 4.74 Å². The summed E-state index contributed by atoms with van der Waals surface area (Å²) in [4.78, 5) is 36.1. The Hall–Kier alpha value is -2.27. The fraction of sp³-hybridized carbons (Fsp3) is 0.235. The van der Waals surface area contributed by atoms with Crippen molar-refractivity contribution in [3.8, 4) is 0 Å². The molecule has 0 saturated carbocycles. The first-order chi connectivity index (χ1) is 10.6. The molecule has 2 aromatic rings. The molecule has 22 heavy (non-hydrogen) atoms. The van der Waals surface area contributed by atoms with Gasteiger partial charge in [-0.25, -0.2) is 4.79 Å². The highest BCUT2D eigenvalue weighted by atomic mass is 32.1. The van der Waals surface area contributed by atoms with Crippen molar-refractivity contribution in [1.29, 1.82) is 0 Å². The number of Topliss-reactive ketones (excluding diaryl/α,β-unsaturated/α-hetero) is 2. The molecule has 0 unspecified atom stereocenters. The van der Waals surface area contributed by atoms with E-state index in [0.717, 1.165) is 0 Å². The predicted molar refractivity (Wildman–Crippen MR) is 84.6 cm³/mol. The van der Waals surface area contributed by atoms with Crippen LogP contribution >= 0.6 is 11.3 Å². The van der Waals surface area contributed by atoms with Gasteiger partial charge >= 0.3 is 5.97 Å². The van der Waals surface area contributed by atoms with Crippen LogP contribution in [0.25, 0.3) is 0 Å². The lowest BCUT2D eigenvalue weighted by Crippen LogP contribution is -2.11. The van der Waals surface area contributed by atoms with Crippen molar-refractivity contribution in [2.75, 3.05) is 6.61 Å². The lowest BCUT2D eigenvalue weighted by atomic mass is 10.1. The molecule has 1 heterocycles. The first-order valence-corrected chi connectivity index (χ1v) is 7.87. The molecular formula is C17H16O4S. The van der Waals surface area contributed by atoms with Crippen LogP contribution in [-0.4, -0.2) is 24.1 Å². The highest BCUT2D eigenvalue weighted by Crippen LogP contribution is 2.20. The Morgan fingerprint density at radius 1 is 1.05 bits per heavy atom. The molecule has 0 aliphatic heterocycles. The lowest BCUT2D eigenvalue weighted by Gasteiger charge is -2.05. The summed E-state index contributed by atoms with van der Waals surface area (Å²) in [6.07, 6.45) is 0.434. The third-order valence-corrected chi connectivity index (χ3v) is 4.07. The van der Waals surface area contributed by atoms with Gasteiger partial charge in [0.25, 0.3) is 0 Å². The molecule has 0 bridgehead atoms. The molecule has 2 rings (SSSR count). The third kappa shape index (κ3) is 3.89. The molecule has 114 valence electrons. The van der Waals surface area contributed by atoms with E-state index in [1.807, 2.05) is 6.07 Å². The summed E-state index contributed by atoms with van der Waals surface area (Å²) in [5.41, 5.74) is 0.916. The van der Waals surface area contributed by atoms with Crippen molar-refractivity contribution < 1.29 is 19.1 Å². The van der Waals surface area contributed by atoms with Crippen molar-refractivity contribution >= 4 is 28.9 Å². The van der Waals surface area contributed by atoms with Crippen LogP contribution in [0.1, 0.15) is 50.2 Å². The van der Waals surface area contributed by atoms with Gasteiger partial charge in [-0.15, -0.1) is 11.3 Å². The standard InChI is InChI=1S/C17H16O4S/c1-2-14(18)13-9-11-22-16(13)15(19)8-10-21-17(20)12-6-4-3-5-7-12/h3-7,9,11H,2,8,10H2,1H3. The molecule has 4 nitrogen and oxygen atoms in total. The van der Waals surface area contributed by atoms with Gasteiger partial charge in [-0.05, 0) is 23.6 Å². The van der Waals surface area contributed by atoms with Crippen LogP contribution in [-0.2, 0) is 4.74 Å². The Bertz CT molecular complexity index is 673. The molecule has 5 heteroatoms. The van der Waals surface area contributed by atoms with E-state index >= 15 is 0 Å². The first kappa shape index (κ1) is 16.1. The molecule has 0 atom stereocenters. The number of hydrogen-bond acceptors (Lipinski definition) is 5. The number of carbonyl (C=O) groups is 3. The van der Waals surface area contributed by atoms with Gasteiger partial charge in [0.15, 0.2) is 11.6 Å². The summed E-state index contributed by atoms with van der Waals surface area (Å²) < 4.78 is 5.08. The minimum atomic E-state index is -0.454. The second-order valence-corrected chi connectivity index (χ2v) is 5.53. The second-order valence-electron chi connectivity index (χ2n) is 4.62. The Morgan fingerprint density at radius 2 is 1.77 bits per heavy atom. The maximum Gasteiger partial charge on any atom is 0.338 e. The monoisotopic (exact) mass is 316 g/mol. The molecule has 0 amide bonds. The van der Waals surface area contributed by atoms with Crippen molar-refractivity contribution in [1.82, 2.24) is 0 Å². The minimum absolute atomic E-state index is 0.00418. The van der Waals surface area contributed by atoms with Gasteiger partial charge in [-0.1, -0.05) is 25.1 Å². The molecule has 0 spiro atoms. The first-order valence-electron chi connectivity index (χ1n) is 6.99. The lowest BCUT2D eigenvalue weighted by molar-refractivity contribution is 0.0496. The minimum Gasteiger partial charge on any atom is -0.462 e. The van der Waals surface area contributed by atoms with E-state index in [4.69, 9.17) is 4.74 Å². The maximum absolute atomic E-state index is 12.1. The van der Waals surface area contributed by atoms with E-state index < -0.39 is 5.97 Å². The molecule has 0 fully saturated rings. The highest BCUT2D eigenvalue weighted by Gasteiger charge is 2.18. The van der Waals surface area contributed by atoms with E-state index in [1.165, 1.54) is 11.3 Å². The molecule has 0 aliphatic rings. The fourth-order valence-corrected chi connectivity index (χ4v) is 2.83. The van der Waals surface area contributed by atoms with E-state index in [1.54, 1.807) is 42.6 Å². The van der Waals surface area contributed by atoms with Crippen LogP contribution < -0.4 is 0 Å². The highest BCUT2D eigenvalue weighted by molar-refractivity contribution is 7.12. The van der Waals surface area contributed by atoms with Gasteiger partial charge in [-0.3, -0.25) is 9.59 Å². The van der Waals surface area contributed by atoms with Crippen LogP contribution in [0.3, 0.4) is 0 Å². The second kappa shape index (κ2) is 7.66. The molecule has 0 aliphatic carbocycles. The van der Waals surface area contributed by atoms with Gasteiger partial charge in [0.2, 0.25) is 0 Å². The summed E-state index contributed by atoms with van der Waals surface area (Å²) in [6.45, 7) is 1.76. The topological polar surface area (TPSA) is 60.4 Å². The van der Waals surface area contributed by atoms with Crippen molar-refractivity contribution in [3.63, 3.8) is 0 Å². The number of ether oxygens (including phenoxy) is 1. The van der Waals surface area contributed by atoms with Crippen LogP contribution in [0.2, 0.25) is 0 Å². The smallest absolute Gasteiger partial charge is 0.338 e. The Morgan fingerprint density at radius 3 is 2.45 bits per heavy atom. The van der Waals surface area contributed by atoms with Gasteiger partial charge in [0.1, 0.15) is 0 Å². The fourth-order valence-electron chi connectivity index (χ4n) is 1.94. The number of thiophene rings is 1. The zero-order chi connectivity index (χ0) is 15.9. The summed E-state index contributed by atoms with van der Waals surface area (Å²) >= 11 is 1.25. The number of rotatable bonds is 7. The van der Waals surface area contributed by atoms with Gasteiger partial charge in [0, 0.05) is 18.4 Å². The van der Waals surface area contributed by atoms with E-state index in [-0.39, 0.29) is 24.6 Å². The van der Waals surface area contributed by atoms with Crippen LogP contribution in [0.4, 0.5) is 0 Å². The number of carbonyl (C=O) groups excluding carboxylic acids is 3. The summed E-state index contributed by atoms with van der Waals surface area (Å²) in [5, 5.41) is 1.73. The average molecular weight is 316 g/mol. The SMILES string of the molecule is CCC(=O)c1ccsc1C(=O)CCOC(=O)c1ccccc1. The largest absolute Gasteiger partial charge is 0.462 e. The maximum atomic E-state index is 12.1. The molecule has 0 N–H and O–H groups in total. The van der Waals surface area contributed by atoms with Crippen molar-refractivity contribution in [2.24, 2.45) is 0 Å². The van der Waals surface area contributed by atoms with E-state index in [9.17, 15) is 14.4 Å². The number of benzene rings is 1. The summed E-state index contributed by atoms with van der Waals surface area (Å²) in [7, 11) is 0. The molecule has 1 aromatic carbocycles. The zero-order valence-corrected chi connectivity index (χ0v) is 13.0. The molecule has 1 aromatic heterocycles. The average Bonchev–Trinajstić information content (AvgIpc) is 3.04. The quantitative estimate of drug-likeness (QED) is 0.576. The van der Waals surface area contributed by atoms with Crippen LogP contribution in [0.5, 0.6) is 0 Å². The Balaban J connectivity index is 1.90. The summed E-state index contributed by atoms with van der Waals surface area (Å²) in [6, 6.07) is 10.3. The molecule has 0 radical (unpaired) electrons. The van der Waals surface area contributed by atoms with E-state index in [2.05, 4.69) is 0 Å². The number of esters is 1. The number of ketones is 2. The zero-order valence-electron chi connectivity index (χ0n) is 12.2. The molecular weight excluding hydrogens is 300 g/mol. The molecule has 0 saturated heterocycles. The van der Waals surface area contributed by atoms with E-state index in [0.29, 0.717) is 22.4 Å². The number of hydrogen-bond donors (Lipinski definition) is 0. The van der Waals surface area contributed by atoms with Gasteiger partial charge in [-0.2, -0.15) is 0 Å². The normalized spacial score (nSPS) is 10.2. The van der Waals surface area contributed by atoms with Crippen molar-refractivity contribution in [2.45, 2.75) is 19.8 Å². The Kier molecular flexibility index (Phi) is 5.61. The summed E-state index contributed by atoms with van der Waals surface area (Å²) in [5.74, 6) is -0.678. The third-order valence-electron chi connectivity index (χ3n) is 3.11. The predicted octanol–water partition coefficient (Wildman–Crippen LogP) is 3.77. The van der Waals surface area contributed by atoms with Crippen molar-refractivity contribution in [3.05, 3.63) is 57.8 Å². The van der Waals surface area contributed by atoms with Crippen LogP contribution in [0.15, 0.2) is 41.8 Å². The Labute approximate surface area is 132 Å². The van der Waals surface area contributed by atoms with Gasteiger partial charge in [0.05, 0.1) is 17.0 Å². The van der Waals surface area contributed by atoms with Crippen LogP contribution in [0, 0.1) is 0 Å².